The van der Waals surface area contributed by atoms with Crippen molar-refractivity contribution in [1.82, 2.24) is 0 Å². The lowest BCUT2D eigenvalue weighted by Gasteiger charge is -2.23. The number of rotatable bonds is 21. The second-order valence-electron chi connectivity index (χ2n) is 10.0. The maximum Gasteiger partial charge on any atom is 0.305 e. The predicted molar refractivity (Wildman–Crippen MR) is 156 cm³/mol. The molecule has 0 unspecified atom stereocenters. The van der Waals surface area contributed by atoms with Gasteiger partial charge in [0.1, 0.15) is 0 Å². The van der Waals surface area contributed by atoms with Gasteiger partial charge in [0.05, 0.1) is 23.5 Å². The lowest BCUT2D eigenvalue weighted by Crippen LogP contribution is -2.28. The van der Waals surface area contributed by atoms with Crippen LogP contribution in [-0.2, 0) is 16.0 Å². The Morgan fingerprint density at radius 3 is 1.88 bits per heavy atom. The molecule has 10 nitrogen and oxygen atoms in total. The highest BCUT2D eigenvalue weighted by Gasteiger charge is 2.15. The summed E-state index contributed by atoms with van der Waals surface area (Å²) in [5.41, 5.74) is 2.12. The van der Waals surface area contributed by atoms with Crippen LogP contribution in [0.25, 0.3) is 0 Å². The molecule has 0 radical (unpaired) electrons. The molecule has 0 saturated carbocycles. The number of azo groups is 1. The summed E-state index contributed by atoms with van der Waals surface area (Å²) in [4.78, 5) is 34.8. The van der Waals surface area contributed by atoms with Crippen molar-refractivity contribution < 1.29 is 24.7 Å². The highest BCUT2D eigenvalue weighted by atomic mass is 16.6. The lowest BCUT2D eigenvalue weighted by atomic mass is 10.0. The lowest BCUT2D eigenvalue weighted by molar-refractivity contribution is -0.384. The van der Waals surface area contributed by atoms with Crippen molar-refractivity contribution in [2.45, 2.75) is 90.4 Å². The number of hydrogen-bond donors (Lipinski definition) is 2. The zero-order valence-corrected chi connectivity index (χ0v) is 23.5. The zero-order valence-electron chi connectivity index (χ0n) is 23.5. The number of aliphatic carboxylic acids is 2. The number of carboxylic acids is 2. The van der Waals surface area contributed by atoms with Crippen molar-refractivity contribution in [3.05, 3.63) is 58.1 Å². The van der Waals surface area contributed by atoms with Gasteiger partial charge in [-0.1, -0.05) is 70.8 Å². The van der Waals surface area contributed by atoms with Gasteiger partial charge in [0.25, 0.3) is 5.69 Å². The van der Waals surface area contributed by atoms with E-state index in [4.69, 9.17) is 10.2 Å². The zero-order chi connectivity index (χ0) is 29.2. The van der Waals surface area contributed by atoms with Crippen LogP contribution in [0, 0.1) is 10.1 Å². The summed E-state index contributed by atoms with van der Waals surface area (Å²) < 4.78 is 0. The summed E-state index contributed by atoms with van der Waals surface area (Å²) in [6, 6.07) is 11.8. The van der Waals surface area contributed by atoms with Gasteiger partial charge < -0.3 is 15.1 Å². The minimum Gasteiger partial charge on any atom is -0.481 e. The van der Waals surface area contributed by atoms with Crippen molar-refractivity contribution in [3.8, 4) is 0 Å². The van der Waals surface area contributed by atoms with Gasteiger partial charge in [0.15, 0.2) is 5.69 Å². The molecule has 0 bridgehead atoms. The Balaban J connectivity index is 1.92. The van der Waals surface area contributed by atoms with E-state index in [1.807, 2.05) is 6.07 Å². The Bertz CT molecular complexity index is 1090. The van der Waals surface area contributed by atoms with Gasteiger partial charge in [-0.15, -0.1) is 5.11 Å². The van der Waals surface area contributed by atoms with E-state index in [-0.39, 0.29) is 37.3 Å². The Kier molecular flexibility index (Phi) is 15.0. The number of benzene rings is 2. The average Bonchev–Trinajstić information content (AvgIpc) is 2.93. The third-order valence-corrected chi connectivity index (χ3v) is 6.73. The highest BCUT2D eigenvalue weighted by molar-refractivity contribution is 5.69. The Hall–Kier alpha value is -3.82. The first kappa shape index (κ1) is 32.4. The number of nitro benzene ring substituents is 1. The van der Waals surface area contributed by atoms with Crippen molar-refractivity contribution in [3.63, 3.8) is 0 Å². The monoisotopic (exact) mass is 554 g/mol. The van der Waals surface area contributed by atoms with Gasteiger partial charge in [-0.25, -0.2) is 0 Å². The third-order valence-electron chi connectivity index (χ3n) is 6.73. The minimum atomic E-state index is -0.971. The molecule has 0 fully saturated rings. The molecule has 0 aliphatic rings. The molecule has 0 amide bonds. The molecular formula is C30H42N4O6. The maximum atomic E-state index is 11.7. The van der Waals surface area contributed by atoms with Crippen LogP contribution in [0.5, 0.6) is 0 Å². The summed E-state index contributed by atoms with van der Waals surface area (Å²) >= 11 is 0. The number of anilines is 1. The largest absolute Gasteiger partial charge is 0.481 e. The van der Waals surface area contributed by atoms with E-state index in [1.165, 1.54) is 51.4 Å². The number of unbranched alkanes of at least 4 members (excludes halogenated alkanes) is 9. The van der Waals surface area contributed by atoms with Crippen molar-refractivity contribution in [2.24, 2.45) is 10.2 Å². The first-order chi connectivity index (χ1) is 19.3. The molecule has 2 aromatic carbocycles. The standard InChI is InChI=1S/C30H42N4O6/c1-2-3-4-5-6-7-8-9-10-11-12-24-13-18-27(28(23-24)34(39)40)32-31-25-14-16-26(17-15-25)33(21-19-29(35)36)22-20-30(37)38/h13-18,23H,2-12,19-22H2,1H3,(H,35,36)(H,37,38). The molecule has 40 heavy (non-hydrogen) atoms. The van der Waals surface area contributed by atoms with Crippen LogP contribution in [0.2, 0.25) is 0 Å². The first-order valence-corrected chi connectivity index (χ1v) is 14.3. The molecule has 2 N–H and O–H groups in total. The van der Waals surface area contributed by atoms with Gasteiger partial charge in [-0.2, -0.15) is 5.11 Å². The van der Waals surface area contributed by atoms with Crippen LogP contribution < -0.4 is 4.90 Å². The Labute approximate surface area is 236 Å². The number of nitro groups is 1. The van der Waals surface area contributed by atoms with Crippen molar-refractivity contribution in [2.75, 3.05) is 18.0 Å². The fourth-order valence-corrected chi connectivity index (χ4v) is 4.44. The second kappa shape index (κ2) is 18.5. The third kappa shape index (κ3) is 12.8. The van der Waals surface area contributed by atoms with E-state index >= 15 is 0 Å². The topological polar surface area (TPSA) is 146 Å². The molecule has 0 atom stereocenters. The Morgan fingerprint density at radius 2 is 1.35 bits per heavy atom. The van der Waals surface area contributed by atoms with Gasteiger partial charge >= 0.3 is 11.9 Å². The quantitative estimate of drug-likeness (QED) is 0.0683. The summed E-state index contributed by atoms with van der Waals surface area (Å²) in [5.74, 6) is -1.94. The van der Waals surface area contributed by atoms with E-state index in [0.717, 1.165) is 24.8 Å². The van der Waals surface area contributed by atoms with E-state index in [9.17, 15) is 19.7 Å². The molecular weight excluding hydrogens is 512 g/mol. The molecule has 218 valence electrons. The van der Waals surface area contributed by atoms with E-state index < -0.39 is 16.9 Å². The Morgan fingerprint density at radius 1 is 0.800 bits per heavy atom. The summed E-state index contributed by atoms with van der Waals surface area (Å²) in [5, 5.41) is 37.9. The number of carbonyl (C=O) groups is 2. The van der Waals surface area contributed by atoms with Crippen LogP contribution in [0.4, 0.5) is 22.7 Å². The first-order valence-electron chi connectivity index (χ1n) is 14.3. The molecule has 2 rings (SSSR count). The predicted octanol–water partition coefficient (Wildman–Crippen LogP) is 8.23. The van der Waals surface area contributed by atoms with Crippen LogP contribution in [0.15, 0.2) is 52.7 Å². The van der Waals surface area contributed by atoms with Crippen LogP contribution in [-0.4, -0.2) is 40.2 Å². The second-order valence-corrected chi connectivity index (χ2v) is 10.0. The van der Waals surface area contributed by atoms with E-state index in [0.29, 0.717) is 11.4 Å². The van der Waals surface area contributed by atoms with Gasteiger partial charge in [0, 0.05) is 24.8 Å². The smallest absolute Gasteiger partial charge is 0.305 e. The fraction of sp³-hybridized carbons (Fsp3) is 0.533. The summed E-state index contributed by atoms with van der Waals surface area (Å²) in [6.45, 7) is 2.56. The minimum absolute atomic E-state index is 0.0848. The number of carboxylic acid groups (broad SMARTS) is 2. The molecule has 0 heterocycles. The molecule has 0 aromatic heterocycles. The average molecular weight is 555 g/mol. The molecule has 2 aromatic rings. The summed E-state index contributed by atoms with van der Waals surface area (Å²) in [7, 11) is 0. The normalized spacial score (nSPS) is 11.1. The van der Waals surface area contributed by atoms with Crippen LogP contribution >= 0.6 is 0 Å². The van der Waals surface area contributed by atoms with Crippen molar-refractivity contribution in [1.29, 1.82) is 0 Å². The van der Waals surface area contributed by atoms with Gasteiger partial charge in [0.2, 0.25) is 0 Å². The molecule has 0 spiro atoms. The van der Waals surface area contributed by atoms with E-state index in [2.05, 4.69) is 17.2 Å². The number of nitrogens with zero attached hydrogens (tertiary/aromatic N) is 4. The molecule has 0 aliphatic heterocycles. The molecule has 10 heteroatoms. The van der Waals surface area contributed by atoms with Crippen LogP contribution in [0.3, 0.4) is 0 Å². The van der Waals surface area contributed by atoms with Crippen molar-refractivity contribution >= 4 is 34.7 Å². The van der Waals surface area contributed by atoms with Crippen LogP contribution in [0.1, 0.15) is 89.5 Å². The SMILES string of the molecule is CCCCCCCCCCCCc1ccc(N=Nc2ccc(N(CCC(=O)O)CCC(=O)O)cc2)c([N+](=O)[O-])c1. The van der Waals surface area contributed by atoms with Gasteiger partial charge in [-0.3, -0.25) is 19.7 Å². The molecule has 0 saturated heterocycles. The fourth-order valence-electron chi connectivity index (χ4n) is 4.44. The van der Waals surface area contributed by atoms with E-state index in [1.54, 1.807) is 41.3 Å². The maximum absolute atomic E-state index is 11.7. The number of hydrogen-bond acceptors (Lipinski definition) is 7. The number of aryl methyl sites for hydroxylation is 1. The highest BCUT2D eigenvalue weighted by Crippen LogP contribution is 2.31. The summed E-state index contributed by atoms with van der Waals surface area (Å²) in [6.07, 6.45) is 12.9. The van der Waals surface area contributed by atoms with Gasteiger partial charge in [-0.05, 0) is 48.7 Å². The molecule has 0 aliphatic carbocycles.